The highest BCUT2D eigenvalue weighted by atomic mass is 79.9. The number of halogens is 2. The molecule has 4 nitrogen and oxygen atoms in total. The van der Waals surface area contributed by atoms with Crippen molar-refractivity contribution in [3.8, 4) is 6.07 Å². The molecule has 1 saturated carbocycles. The van der Waals surface area contributed by atoms with E-state index >= 15 is 0 Å². The molecule has 1 fully saturated rings. The van der Waals surface area contributed by atoms with Gasteiger partial charge in [0.25, 0.3) is 0 Å². The van der Waals surface area contributed by atoms with Crippen LogP contribution >= 0.6 is 27.7 Å². The number of hydrogen-bond donors (Lipinski definition) is 1. The van der Waals surface area contributed by atoms with Crippen molar-refractivity contribution in [1.29, 1.82) is 5.26 Å². The van der Waals surface area contributed by atoms with E-state index in [4.69, 9.17) is 0 Å². The van der Waals surface area contributed by atoms with Crippen LogP contribution in [0.15, 0.2) is 39.8 Å². The molecule has 7 heteroatoms. The summed E-state index contributed by atoms with van der Waals surface area (Å²) < 4.78 is 13.5. The molecule has 0 radical (unpaired) electrons. The third kappa shape index (κ3) is 4.80. The lowest BCUT2D eigenvalue weighted by atomic mass is 10.2. The number of thioether (sulfide) groups is 1. The van der Waals surface area contributed by atoms with Crippen LogP contribution in [-0.4, -0.2) is 16.6 Å². The second-order valence-electron chi connectivity index (χ2n) is 5.75. The second-order valence-corrected chi connectivity index (χ2v) is 7.69. The smallest absolute Gasteiger partial charge is 0.225 e. The quantitative estimate of drug-likeness (QED) is 0.679. The van der Waals surface area contributed by atoms with Crippen molar-refractivity contribution in [2.45, 2.75) is 30.2 Å². The van der Waals surface area contributed by atoms with Gasteiger partial charge in [-0.25, -0.2) is 9.37 Å². The SMILES string of the molecule is N#Cc1ccc(C2CC2)nc1SCCC(=O)Nc1ccc(F)c(Br)c1. The van der Waals surface area contributed by atoms with E-state index in [0.717, 1.165) is 18.5 Å². The Morgan fingerprint density at radius 2 is 2.20 bits per heavy atom. The Kier molecular flexibility index (Phi) is 5.71. The number of hydrogen-bond acceptors (Lipinski definition) is 4. The largest absolute Gasteiger partial charge is 0.326 e. The lowest BCUT2D eigenvalue weighted by Crippen LogP contribution is -2.12. The van der Waals surface area contributed by atoms with Gasteiger partial charge in [-0.1, -0.05) is 0 Å². The molecule has 1 aromatic carbocycles. The Bertz CT molecular complexity index is 849. The first-order valence-electron chi connectivity index (χ1n) is 7.85. The lowest BCUT2D eigenvalue weighted by Gasteiger charge is -2.07. The third-order valence-corrected chi connectivity index (χ3v) is 5.37. The molecule has 0 unspecified atom stereocenters. The Hall–Kier alpha value is -1.91. The van der Waals surface area contributed by atoms with Gasteiger partial charge in [-0.3, -0.25) is 4.79 Å². The molecule has 1 aliphatic rings. The zero-order valence-electron chi connectivity index (χ0n) is 13.3. The second kappa shape index (κ2) is 7.98. The standard InChI is InChI=1S/C18H15BrFN3OS/c19-14-9-13(4-5-15(14)20)22-17(24)7-8-25-18-12(10-21)3-6-16(23-18)11-1-2-11/h3-6,9,11H,1-2,7-8H2,(H,22,24). The minimum atomic E-state index is -0.376. The van der Waals surface area contributed by atoms with E-state index < -0.39 is 0 Å². The first kappa shape index (κ1) is 17.9. The van der Waals surface area contributed by atoms with E-state index in [1.807, 2.05) is 6.07 Å². The molecule has 1 N–H and O–H groups in total. The van der Waals surface area contributed by atoms with Crippen LogP contribution in [-0.2, 0) is 4.79 Å². The number of nitriles is 1. The van der Waals surface area contributed by atoms with E-state index in [1.165, 1.54) is 30.0 Å². The van der Waals surface area contributed by atoms with E-state index in [-0.39, 0.29) is 18.1 Å². The summed E-state index contributed by atoms with van der Waals surface area (Å²) >= 11 is 4.50. The van der Waals surface area contributed by atoms with E-state index in [1.54, 1.807) is 6.07 Å². The molecule has 3 rings (SSSR count). The van der Waals surface area contributed by atoms with Crippen LogP contribution in [0.4, 0.5) is 10.1 Å². The molecule has 2 aromatic rings. The van der Waals surface area contributed by atoms with Gasteiger partial charge in [0.2, 0.25) is 5.91 Å². The molecule has 0 atom stereocenters. The molecule has 128 valence electrons. The molecule has 0 saturated heterocycles. The molecular formula is C18H15BrFN3OS. The fourth-order valence-corrected chi connectivity index (χ4v) is 3.59. The number of anilines is 1. The topological polar surface area (TPSA) is 65.8 Å². The summed E-state index contributed by atoms with van der Waals surface area (Å²) in [4.78, 5) is 16.6. The van der Waals surface area contributed by atoms with Crippen LogP contribution in [0.2, 0.25) is 0 Å². The maximum atomic E-state index is 13.2. The maximum Gasteiger partial charge on any atom is 0.225 e. The summed E-state index contributed by atoms with van der Waals surface area (Å²) in [5.74, 6) is 0.499. The fourth-order valence-electron chi connectivity index (χ4n) is 2.29. The molecular weight excluding hydrogens is 405 g/mol. The van der Waals surface area contributed by atoms with Crippen molar-refractivity contribution >= 4 is 39.3 Å². The molecule has 1 amide bonds. The highest BCUT2D eigenvalue weighted by Crippen LogP contribution is 2.40. The molecule has 1 aliphatic carbocycles. The number of nitrogens with one attached hydrogen (secondary N) is 1. The zero-order chi connectivity index (χ0) is 17.8. The highest BCUT2D eigenvalue weighted by Gasteiger charge is 2.25. The number of pyridine rings is 1. The minimum Gasteiger partial charge on any atom is -0.326 e. The summed E-state index contributed by atoms with van der Waals surface area (Å²) in [6.07, 6.45) is 2.58. The third-order valence-electron chi connectivity index (χ3n) is 3.77. The molecule has 0 aliphatic heterocycles. The number of carbonyl (C=O) groups excluding carboxylic acids is 1. The van der Waals surface area contributed by atoms with E-state index in [0.29, 0.717) is 32.4 Å². The van der Waals surface area contributed by atoms with Gasteiger partial charge in [0.1, 0.15) is 16.9 Å². The Morgan fingerprint density at radius 3 is 2.88 bits per heavy atom. The zero-order valence-corrected chi connectivity index (χ0v) is 15.7. The van der Waals surface area contributed by atoms with Crippen LogP contribution in [0.25, 0.3) is 0 Å². The van der Waals surface area contributed by atoms with Crippen molar-refractivity contribution in [2.24, 2.45) is 0 Å². The molecule has 0 spiro atoms. The number of benzene rings is 1. The van der Waals surface area contributed by atoms with Crippen LogP contribution in [0.1, 0.15) is 36.4 Å². The Balaban J connectivity index is 1.55. The van der Waals surface area contributed by atoms with Crippen molar-refractivity contribution in [3.63, 3.8) is 0 Å². The predicted octanol–water partition coefficient (Wildman–Crippen LogP) is 4.85. The maximum absolute atomic E-state index is 13.2. The van der Waals surface area contributed by atoms with Crippen molar-refractivity contribution in [3.05, 3.63) is 51.9 Å². The number of nitrogens with zero attached hydrogens (tertiary/aromatic N) is 2. The highest BCUT2D eigenvalue weighted by molar-refractivity contribution is 9.10. The summed E-state index contributed by atoms with van der Waals surface area (Å²) in [5, 5.41) is 12.6. The summed E-state index contributed by atoms with van der Waals surface area (Å²) in [6, 6.07) is 10.2. The number of amides is 1. The monoisotopic (exact) mass is 419 g/mol. The lowest BCUT2D eigenvalue weighted by molar-refractivity contribution is -0.115. The molecule has 0 bridgehead atoms. The normalized spacial score (nSPS) is 13.3. The number of aromatic nitrogens is 1. The van der Waals surface area contributed by atoms with Gasteiger partial charge in [0, 0.05) is 29.5 Å². The van der Waals surface area contributed by atoms with Gasteiger partial charge in [-0.2, -0.15) is 5.26 Å². The van der Waals surface area contributed by atoms with Crippen LogP contribution in [0.3, 0.4) is 0 Å². The average Bonchev–Trinajstić information content (AvgIpc) is 3.43. The van der Waals surface area contributed by atoms with Crippen LogP contribution in [0, 0.1) is 17.1 Å². The fraction of sp³-hybridized carbons (Fsp3) is 0.278. The van der Waals surface area contributed by atoms with Gasteiger partial charge >= 0.3 is 0 Å². The van der Waals surface area contributed by atoms with Gasteiger partial charge in [-0.15, -0.1) is 11.8 Å². The van der Waals surface area contributed by atoms with Crippen LogP contribution in [0.5, 0.6) is 0 Å². The summed E-state index contributed by atoms with van der Waals surface area (Å²) in [5.41, 5.74) is 2.11. The molecule has 1 aromatic heterocycles. The number of carbonyl (C=O) groups is 1. The Labute approximate surface area is 158 Å². The average molecular weight is 420 g/mol. The van der Waals surface area contributed by atoms with Gasteiger partial charge in [-0.05, 0) is 59.1 Å². The van der Waals surface area contributed by atoms with Crippen molar-refractivity contribution in [1.82, 2.24) is 4.98 Å². The molecule has 1 heterocycles. The van der Waals surface area contributed by atoms with Gasteiger partial charge in [0.15, 0.2) is 0 Å². The van der Waals surface area contributed by atoms with Gasteiger partial charge < -0.3 is 5.32 Å². The van der Waals surface area contributed by atoms with Crippen molar-refractivity contribution in [2.75, 3.05) is 11.1 Å². The molecule has 25 heavy (non-hydrogen) atoms. The first-order chi connectivity index (χ1) is 12.1. The van der Waals surface area contributed by atoms with Gasteiger partial charge in [0.05, 0.1) is 10.0 Å². The first-order valence-corrected chi connectivity index (χ1v) is 9.63. The van der Waals surface area contributed by atoms with Crippen molar-refractivity contribution < 1.29 is 9.18 Å². The van der Waals surface area contributed by atoms with Crippen LogP contribution < -0.4 is 5.32 Å². The van der Waals surface area contributed by atoms with E-state index in [2.05, 4.69) is 32.3 Å². The summed E-state index contributed by atoms with van der Waals surface area (Å²) in [6.45, 7) is 0. The summed E-state index contributed by atoms with van der Waals surface area (Å²) in [7, 11) is 0. The van der Waals surface area contributed by atoms with E-state index in [9.17, 15) is 14.4 Å². The predicted molar refractivity (Wildman–Crippen MR) is 99.0 cm³/mol. The Morgan fingerprint density at radius 1 is 1.40 bits per heavy atom. The number of rotatable bonds is 6. The minimum absolute atomic E-state index is 0.164.